The van der Waals surface area contributed by atoms with Crippen molar-refractivity contribution >= 4 is 29.6 Å². The molecule has 0 amide bonds. The average Bonchev–Trinajstić information content (AvgIpc) is 2.36. The fourth-order valence-corrected chi connectivity index (χ4v) is 2.15. The maximum absolute atomic E-state index is 12.4. The van der Waals surface area contributed by atoms with Gasteiger partial charge in [0.05, 0.1) is 16.1 Å². The lowest BCUT2D eigenvalue weighted by molar-refractivity contribution is 0.00517. The molecule has 0 aromatic heterocycles. The summed E-state index contributed by atoms with van der Waals surface area (Å²) in [6, 6.07) is 3.00. The monoisotopic (exact) mass is 352 g/mol. The Kier molecular flexibility index (Phi) is 6.23. The van der Waals surface area contributed by atoms with E-state index in [0.717, 1.165) is 0 Å². The van der Waals surface area contributed by atoms with Crippen LogP contribution >= 0.6 is 11.6 Å². The number of hydrogen-bond donors (Lipinski definition) is 0. The van der Waals surface area contributed by atoms with Crippen LogP contribution in [0.4, 0.5) is 0 Å². The molecule has 1 aromatic rings. The van der Waals surface area contributed by atoms with Crippen molar-refractivity contribution in [2.75, 3.05) is 0 Å². The van der Waals surface area contributed by atoms with Gasteiger partial charge < -0.3 is 9.47 Å². The molecule has 0 N–H and O–H groups in total. The first kappa shape index (κ1) is 20.2. The summed E-state index contributed by atoms with van der Waals surface area (Å²) in [4.78, 5) is 24.7. The van der Waals surface area contributed by atoms with Crippen molar-refractivity contribution < 1.29 is 19.1 Å². The Morgan fingerprint density at radius 2 is 1.38 bits per heavy atom. The summed E-state index contributed by atoms with van der Waals surface area (Å²) >= 11 is 6.21. The van der Waals surface area contributed by atoms with Crippen LogP contribution in [0, 0.1) is 0 Å². The molecule has 0 radical (unpaired) electrons. The highest BCUT2D eigenvalue weighted by molar-refractivity contribution is 6.34. The van der Waals surface area contributed by atoms with Crippen LogP contribution in [0.5, 0.6) is 0 Å². The fourth-order valence-electron chi connectivity index (χ4n) is 1.91. The van der Waals surface area contributed by atoms with Gasteiger partial charge >= 0.3 is 11.9 Å². The number of benzene rings is 1. The second-order valence-electron chi connectivity index (χ2n) is 7.42. The molecule has 132 valence electrons. The summed E-state index contributed by atoms with van der Waals surface area (Å²) in [6.45, 7) is 12.5. The molecule has 0 aliphatic rings. The third kappa shape index (κ3) is 6.00. The van der Waals surface area contributed by atoms with Crippen LogP contribution in [-0.4, -0.2) is 23.1 Å². The number of ether oxygens (including phenoxy) is 2. The molecule has 0 aliphatic carbocycles. The predicted molar refractivity (Wildman–Crippen MR) is 96.5 cm³/mol. The quantitative estimate of drug-likeness (QED) is 0.694. The average molecular weight is 353 g/mol. The van der Waals surface area contributed by atoms with Crippen molar-refractivity contribution in [2.45, 2.75) is 59.7 Å². The Labute approximate surface area is 148 Å². The van der Waals surface area contributed by atoms with Gasteiger partial charge in [0.25, 0.3) is 0 Å². The molecule has 5 heteroatoms. The van der Waals surface area contributed by atoms with E-state index >= 15 is 0 Å². The lowest BCUT2D eigenvalue weighted by Crippen LogP contribution is -2.25. The standard InChI is InChI=1S/C19H25ClO4/c1-8-9-12-10-14(17(22)24-19(5,6)7)15(20)11-13(12)16(21)23-18(2,3)4/h8-11H,1-7H3. The van der Waals surface area contributed by atoms with Gasteiger partial charge in [0.1, 0.15) is 11.2 Å². The van der Waals surface area contributed by atoms with E-state index in [1.165, 1.54) is 6.07 Å². The summed E-state index contributed by atoms with van der Waals surface area (Å²) in [7, 11) is 0. The number of halogens is 1. The van der Waals surface area contributed by atoms with Crippen LogP contribution in [-0.2, 0) is 9.47 Å². The van der Waals surface area contributed by atoms with Crippen LogP contribution in [0.2, 0.25) is 5.02 Å². The minimum atomic E-state index is -0.634. The molecule has 0 saturated carbocycles. The smallest absolute Gasteiger partial charge is 0.340 e. The molecule has 0 aliphatic heterocycles. The molecule has 0 unspecified atom stereocenters. The first-order chi connectivity index (χ1) is 10.8. The molecule has 1 aromatic carbocycles. The molecule has 0 fully saturated rings. The maximum atomic E-state index is 12.4. The van der Waals surface area contributed by atoms with Gasteiger partial charge in [0, 0.05) is 0 Å². The van der Waals surface area contributed by atoms with E-state index in [-0.39, 0.29) is 10.6 Å². The van der Waals surface area contributed by atoms with Crippen molar-refractivity contribution in [3.8, 4) is 0 Å². The molecular weight excluding hydrogens is 328 g/mol. The molecule has 0 heterocycles. The molecule has 0 atom stereocenters. The number of carbonyl (C=O) groups excluding carboxylic acids is 2. The van der Waals surface area contributed by atoms with Crippen LogP contribution in [0.25, 0.3) is 6.08 Å². The molecule has 0 bridgehead atoms. The third-order valence-corrected chi connectivity index (χ3v) is 3.04. The number of allylic oxidation sites excluding steroid dienone is 1. The Balaban J connectivity index is 3.33. The topological polar surface area (TPSA) is 52.6 Å². The Bertz CT molecular complexity index is 661. The third-order valence-electron chi connectivity index (χ3n) is 2.72. The van der Waals surface area contributed by atoms with E-state index in [9.17, 15) is 9.59 Å². The molecule has 0 spiro atoms. The van der Waals surface area contributed by atoms with E-state index in [1.807, 2.05) is 6.92 Å². The zero-order chi connectivity index (χ0) is 18.7. The van der Waals surface area contributed by atoms with E-state index in [2.05, 4.69) is 0 Å². The Morgan fingerprint density at radius 1 is 0.917 bits per heavy atom. The SMILES string of the molecule is CC=Cc1cc(C(=O)OC(C)(C)C)c(Cl)cc1C(=O)OC(C)(C)C. The fraction of sp³-hybridized carbons (Fsp3) is 0.474. The van der Waals surface area contributed by atoms with Gasteiger partial charge in [0.2, 0.25) is 0 Å². The Morgan fingerprint density at radius 3 is 1.79 bits per heavy atom. The van der Waals surface area contributed by atoms with Crippen molar-refractivity contribution in [3.05, 3.63) is 39.9 Å². The van der Waals surface area contributed by atoms with E-state index in [4.69, 9.17) is 21.1 Å². The van der Waals surface area contributed by atoms with Crippen molar-refractivity contribution in [1.29, 1.82) is 0 Å². The van der Waals surface area contributed by atoms with Gasteiger partial charge in [-0.05, 0) is 66.2 Å². The second-order valence-corrected chi connectivity index (χ2v) is 7.83. The number of rotatable bonds is 3. The second kappa shape index (κ2) is 7.39. The van der Waals surface area contributed by atoms with Crippen LogP contribution in [0.1, 0.15) is 74.7 Å². The van der Waals surface area contributed by atoms with E-state index in [0.29, 0.717) is 11.1 Å². The highest BCUT2D eigenvalue weighted by Crippen LogP contribution is 2.27. The van der Waals surface area contributed by atoms with Crippen LogP contribution in [0.3, 0.4) is 0 Å². The van der Waals surface area contributed by atoms with Gasteiger partial charge in [-0.25, -0.2) is 9.59 Å². The van der Waals surface area contributed by atoms with Crippen LogP contribution < -0.4 is 0 Å². The summed E-state index contributed by atoms with van der Waals surface area (Å²) in [6.07, 6.45) is 3.50. The zero-order valence-corrected chi connectivity index (χ0v) is 16.1. The first-order valence-corrected chi connectivity index (χ1v) is 8.15. The lowest BCUT2D eigenvalue weighted by atomic mass is 10.0. The molecular formula is C19H25ClO4. The van der Waals surface area contributed by atoms with Gasteiger partial charge in [-0.3, -0.25) is 0 Å². The number of esters is 2. The van der Waals surface area contributed by atoms with Gasteiger partial charge in [-0.2, -0.15) is 0 Å². The minimum absolute atomic E-state index is 0.151. The summed E-state index contributed by atoms with van der Waals surface area (Å²) in [5.41, 5.74) is -0.185. The number of carbonyl (C=O) groups is 2. The molecule has 1 rings (SSSR count). The predicted octanol–water partition coefficient (Wildman–Crippen LogP) is 5.28. The zero-order valence-electron chi connectivity index (χ0n) is 15.3. The minimum Gasteiger partial charge on any atom is -0.456 e. The van der Waals surface area contributed by atoms with Gasteiger partial charge in [0.15, 0.2) is 0 Å². The highest BCUT2D eigenvalue weighted by atomic mass is 35.5. The highest BCUT2D eigenvalue weighted by Gasteiger charge is 2.25. The van der Waals surface area contributed by atoms with Gasteiger partial charge in [-0.15, -0.1) is 0 Å². The van der Waals surface area contributed by atoms with E-state index in [1.54, 1.807) is 59.8 Å². The molecule has 4 nitrogen and oxygen atoms in total. The molecule has 24 heavy (non-hydrogen) atoms. The van der Waals surface area contributed by atoms with E-state index < -0.39 is 23.1 Å². The maximum Gasteiger partial charge on any atom is 0.340 e. The van der Waals surface area contributed by atoms with Crippen molar-refractivity contribution in [1.82, 2.24) is 0 Å². The normalized spacial score (nSPS) is 12.3. The lowest BCUT2D eigenvalue weighted by Gasteiger charge is -2.22. The largest absolute Gasteiger partial charge is 0.456 e. The summed E-state index contributed by atoms with van der Waals surface area (Å²) < 4.78 is 10.8. The van der Waals surface area contributed by atoms with Gasteiger partial charge in [-0.1, -0.05) is 23.8 Å². The first-order valence-electron chi connectivity index (χ1n) is 7.77. The summed E-state index contributed by atoms with van der Waals surface area (Å²) in [5.74, 6) is -1.03. The Hall–Kier alpha value is -1.81. The van der Waals surface area contributed by atoms with Crippen molar-refractivity contribution in [2.24, 2.45) is 0 Å². The van der Waals surface area contributed by atoms with Crippen LogP contribution in [0.15, 0.2) is 18.2 Å². The summed E-state index contributed by atoms with van der Waals surface area (Å²) in [5, 5.41) is 0.151. The number of hydrogen-bond acceptors (Lipinski definition) is 4. The van der Waals surface area contributed by atoms with Crippen molar-refractivity contribution in [3.63, 3.8) is 0 Å². The molecule has 0 saturated heterocycles.